The number of H-pyrrole nitrogens is 1. The van der Waals surface area contributed by atoms with Crippen LogP contribution in [0.4, 0.5) is 5.95 Å². The van der Waals surface area contributed by atoms with Crippen molar-refractivity contribution in [2.45, 2.75) is 32.1 Å². The molecule has 0 saturated carbocycles. The van der Waals surface area contributed by atoms with Crippen molar-refractivity contribution in [3.05, 3.63) is 57.5 Å². The Bertz CT molecular complexity index is 634. The Hall–Kier alpha value is -2.10. The monoisotopic (exact) mass is 269 g/mol. The van der Waals surface area contributed by atoms with Gasteiger partial charge in [0.15, 0.2) is 0 Å². The summed E-state index contributed by atoms with van der Waals surface area (Å²) in [7, 11) is 0. The van der Waals surface area contributed by atoms with Crippen molar-refractivity contribution >= 4 is 5.95 Å². The first-order chi connectivity index (χ1) is 9.83. The van der Waals surface area contributed by atoms with Crippen molar-refractivity contribution < 1.29 is 0 Å². The highest BCUT2D eigenvalue weighted by molar-refractivity contribution is 5.31. The normalized spacial score (nSPS) is 13.8. The fourth-order valence-corrected chi connectivity index (χ4v) is 2.66. The van der Waals surface area contributed by atoms with Crippen molar-refractivity contribution in [2.24, 2.45) is 0 Å². The molecule has 0 radical (unpaired) electrons. The molecule has 0 amide bonds. The maximum absolute atomic E-state index is 12.0. The maximum atomic E-state index is 12.0. The van der Waals surface area contributed by atoms with E-state index in [1.165, 1.54) is 5.56 Å². The smallest absolute Gasteiger partial charge is 0.255 e. The van der Waals surface area contributed by atoms with Crippen LogP contribution in [0.5, 0.6) is 0 Å². The molecule has 4 nitrogen and oxygen atoms in total. The molecule has 0 aliphatic heterocycles. The van der Waals surface area contributed by atoms with Crippen LogP contribution in [0.3, 0.4) is 0 Å². The number of aryl methyl sites for hydroxylation is 1. The summed E-state index contributed by atoms with van der Waals surface area (Å²) >= 11 is 0. The first-order valence-corrected chi connectivity index (χ1v) is 7.23. The summed E-state index contributed by atoms with van der Waals surface area (Å²) in [5.74, 6) is 0.603. The Morgan fingerprint density at radius 3 is 2.80 bits per heavy atom. The lowest BCUT2D eigenvalue weighted by atomic mass is 9.97. The summed E-state index contributed by atoms with van der Waals surface area (Å²) in [4.78, 5) is 19.4. The molecule has 4 heteroatoms. The zero-order valence-corrected chi connectivity index (χ0v) is 11.5. The molecule has 1 aromatic carbocycles. The van der Waals surface area contributed by atoms with Crippen LogP contribution >= 0.6 is 0 Å². The average Bonchev–Trinajstić information content (AvgIpc) is 2.48. The van der Waals surface area contributed by atoms with Gasteiger partial charge in [-0.15, -0.1) is 0 Å². The van der Waals surface area contributed by atoms with Crippen LogP contribution in [-0.2, 0) is 19.3 Å². The van der Waals surface area contributed by atoms with Gasteiger partial charge in [0.1, 0.15) is 0 Å². The molecule has 0 bridgehead atoms. The lowest BCUT2D eigenvalue weighted by Crippen LogP contribution is -2.23. The van der Waals surface area contributed by atoms with Crippen molar-refractivity contribution in [1.82, 2.24) is 9.97 Å². The fraction of sp³-hybridized carbons (Fsp3) is 0.375. The topological polar surface area (TPSA) is 57.8 Å². The average molecular weight is 269 g/mol. The van der Waals surface area contributed by atoms with E-state index >= 15 is 0 Å². The van der Waals surface area contributed by atoms with E-state index in [4.69, 9.17) is 0 Å². The van der Waals surface area contributed by atoms with Gasteiger partial charge in [-0.25, -0.2) is 4.98 Å². The molecule has 104 valence electrons. The van der Waals surface area contributed by atoms with E-state index in [0.717, 1.165) is 49.9 Å². The van der Waals surface area contributed by atoms with Gasteiger partial charge in [-0.2, -0.15) is 0 Å². The van der Waals surface area contributed by atoms with Crippen LogP contribution in [-0.4, -0.2) is 16.5 Å². The molecule has 1 aliphatic carbocycles. The van der Waals surface area contributed by atoms with E-state index in [0.29, 0.717) is 5.95 Å². The minimum atomic E-state index is 0.0249. The van der Waals surface area contributed by atoms with Crippen molar-refractivity contribution in [2.75, 3.05) is 11.9 Å². The molecule has 0 fully saturated rings. The Morgan fingerprint density at radius 2 is 1.95 bits per heavy atom. The zero-order chi connectivity index (χ0) is 13.8. The molecule has 0 spiro atoms. The molecule has 2 aromatic rings. The van der Waals surface area contributed by atoms with Crippen molar-refractivity contribution in [1.29, 1.82) is 0 Å². The van der Waals surface area contributed by atoms with Crippen molar-refractivity contribution in [3.63, 3.8) is 0 Å². The van der Waals surface area contributed by atoms with Crippen LogP contribution in [0.25, 0.3) is 0 Å². The Balaban J connectivity index is 1.66. The van der Waals surface area contributed by atoms with Gasteiger partial charge in [0.05, 0.1) is 5.69 Å². The summed E-state index contributed by atoms with van der Waals surface area (Å²) in [6.45, 7) is 0.770. The number of hydrogen-bond acceptors (Lipinski definition) is 3. The lowest BCUT2D eigenvalue weighted by molar-refractivity contribution is 0.657. The highest BCUT2D eigenvalue weighted by Crippen LogP contribution is 2.16. The second-order valence-electron chi connectivity index (χ2n) is 5.21. The molecule has 0 unspecified atom stereocenters. The molecular weight excluding hydrogens is 250 g/mol. The second-order valence-corrected chi connectivity index (χ2v) is 5.21. The predicted octanol–water partition coefficient (Wildman–Crippen LogP) is 2.30. The summed E-state index contributed by atoms with van der Waals surface area (Å²) in [5, 5.41) is 3.22. The number of benzene rings is 1. The number of fused-ring (bicyclic) bond motifs is 1. The van der Waals surface area contributed by atoms with Crippen LogP contribution in [0.1, 0.15) is 29.7 Å². The van der Waals surface area contributed by atoms with Gasteiger partial charge in [0.25, 0.3) is 5.56 Å². The van der Waals surface area contributed by atoms with E-state index in [9.17, 15) is 4.79 Å². The Kier molecular flexibility index (Phi) is 3.81. The fourth-order valence-electron chi connectivity index (χ4n) is 2.66. The minimum Gasteiger partial charge on any atom is -0.355 e. The van der Waals surface area contributed by atoms with Gasteiger partial charge in [-0.1, -0.05) is 30.3 Å². The number of nitrogens with zero attached hydrogens (tertiary/aromatic N) is 1. The summed E-state index contributed by atoms with van der Waals surface area (Å²) in [6, 6.07) is 10.3. The first kappa shape index (κ1) is 12.9. The number of aromatic amines is 1. The van der Waals surface area contributed by atoms with E-state index in [2.05, 4.69) is 27.4 Å². The van der Waals surface area contributed by atoms with Gasteiger partial charge in [0.2, 0.25) is 5.95 Å². The molecular formula is C16H19N3O. The molecule has 1 aromatic heterocycles. The molecule has 0 saturated heterocycles. The van der Waals surface area contributed by atoms with Crippen LogP contribution < -0.4 is 10.9 Å². The standard InChI is InChI=1S/C16H19N3O/c20-15-13-8-4-5-9-14(13)18-16(19-15)17-11-10-12-6-2-1-3-7-12/h1-3,6-7H,4-5,8-11H2,(H2,17,18,19,20). The van der Waals surface area contributed by atoms with Crippen LogP contribution in [0.2, 0.25) is 0 Å². The Morgan fingerprint density at radius 1 is 1.15 bits per heavy atom. The van der Waals surface area contributed by atoms with Crippen LogP contribution in [0, 0.1) is 0 Å². The Labute approximate surface area is 118 Å². The van der Waals surface area contributed by atoms with Gasteiger partial charge >= 0.3 is 0 Å². The largest absolute Gasteiger partial charge is 0.355 e. The number of nitrogens with one attached hydrogen (secondary N) is 2. The van der Waals surface area contributed by atoms with Gasteiger partial charge in [0, 0.05) is 12.1 Å². The number of aromatic nitrogens is 2. The third kappa shape index (κ3) is 2.90. The van der Waals surface area contributed by atoms with Gasteiger partial charge in [-0.05, 0) is 37.7 Å². The first-order valence-electron chi connectivity index (χ1n) is 7.23. The van der Waals surface area contributed by atoms with Gasteiger partial charge in [-0.3, -0.25) is 9.78 Å². The SMILES string of the molecule is O=c1[nH]c(NCCc2ccccc2)nc2c1CCCC2. The van der Waals surface area contributed by atoms with E-state index < -0.39 is 0 Å². The molecule has 20 heavy (non-hydrogen) atoms. The maximum Gasteiger partial charge on any atom is 0.255 e. The zero-order valence-electron chi connectivity index (χ0n) is 11.5. The number of hydrogen-bond donors (Lipinski definition) is 2. The number of rotatable bonds is 4. The van der Waals surface area contributed by atoms with Gasteiger partial charge < -0.3 is 5.32 Å². The molecule has 0 atom stereocenters. The van der Waals surface area contributed by atoms with Crippen LogP contribution in [0.15, 0.2) is 35.1 Å². The summed E-state index contributed by atoms with van der Waals surface area (Å²) < 4.78 is 0. The lowest BCUT2D eigenvalue weighted by Gasteiger charge is -2.15. The predicted molar refractivity (Wildman–Crippen MR) is 80.1 cm³/mol. The van der Waals surface area contributed by atoms with E-state index in [1.54, 1.807) is 0 Å². The van der Waals surface area contributed by atoms with Crippen molar-refractivity contribution in [3.8, 4) is 0 Å². The van der Waals surface area contributed by atoms with E-state index in [1.807, 2.05) is 18.2 Å². The molecule has 2 N–H and O–H groups in total. The third-order valence-electron chi connectivity index (χ3n) is 3.74. The summed E-state index contributed by atoms with van der Waals surface area (Å²) in [6.07, 6.45) is 4.93. The highest BCUT2D eigenvalue weighted by atomic mass is 16.1. The summed E-state index contributed by atoms with van der Waals surface area (Å²) in [5.41, 5.74) is 3.16. The quantitative estimate of drug-likeness (QED) is 0.895. The molecule has 1 aliphatic rings. The minimum absolute atomic E-state index is 0.0249. The highest BCUT2D eigenvalue weighted by Gasteiger charge is 2.15. The molecule has 1 heterocycles. The third-order valence-corrected chi connectivity index (χ3v) is 3.74. The van der Waals surface area contributed by atoms with E-state index in [-0.39, 0.29) is 5.56 Å². The molecule has 3 rings (SSSR count). The number of anilines is 1. The second kappa shape index (κ2) is 5.90.